The number of hydrogen-bond donors (Lipinski definition) is 0. The summed E-state index contributed by atoms with van der Waals surface area (Å²) in [5, 5.41) is 0.295. The molecule has 0 radical (unpaired) electrons. The van der Waals surface area contributed by atoms with E-state index in [1.54, 1.807) is 0 Å². The molecule has 0 bridgehead atoms. The fraction of sp³-hybridized carbons (Fsp3) is 0.333. The highest BCUT2D eigenvalue weighted by Crippen LogP contribution is 2.43. The monoisotopic (exact) mass is 324 g/mol. The van der Waals surface area contributed by atoms with Gasteiger partial charge in [-0.2, -0.15) is 0 Å². The van der Waals surface area contributed by atoms with Crippen LogP contribution in [0, 0.1) is 0 Å². The molecule has 6 heteroatoms. The molecule has 1 aliphatic heterocycles. The zero-order chi connectivity index (χ0) is 15.0. The van der Waals surface area contributed by atoms with Crippen molar-refractivity contribution in [1.29, 1.82) is 0 Å². The van der Waals surface area contributed by atoms with Crippen molar-refractivity contribution >= 4 is 23.2 Å². The number of ether oxygens (including phenoxy) is 2. The maximum Gasteiger partial charge on any atom is 0.228 e. The molecule has 0 N–H and O–H groups in total. The molecule has 0 aliphatic carbocycles. The number of halogens is 2. The van der Waals surface area contributed by atoms with Crippen LogP contribution in [0.1, 0.15) is 25.0 Å². The standard InChI is InChI=1S/C15H14Cl2N2O2/c1-15(2)6-9-4-3-5-11(12(9)21-15)20-14-10(7-16)13(17)18-8-19-14/h3-5,8H,6-7H2,1-2H3. The first-order valence-electron chi connectivity index (χ1n) is 6.54. The molecule has 2 aromatic rings. The van der Waals surface area contributed by atoms with Crippen LogP contribution in [0.4, 0.5) is 0 Å². The average Bonchev–Trinajstić information content (AvgIpc) is 2.74. The Bertz CT molecular complexity index is 689. The molecular formula is C15H14Cl2N2O2. The summed E-state index contributed by atoms with van der Waals surface area (Å²) in [5.74, 6) is 1.89. The van der Waals surface area contributed by atoms with Crippen LogP contribution in [0.25, 0.3) is 0 Å². The van der Waals surface area contributed by atoms with Gasteiger partial charge in [-0.3, -0.25) is 0 Å². The van der Waals surface area contributed by atoms with Gasteiger partial charge >= 0.3 is 0 Å². The van der Waals surface area contributed by atoms with Gasteiger partial charge < -0.3 is 9.47 Å². The summed E-state index contributed by atoms with van der Waals surface area (Å²) >= 11 is 11.9. The van der Waals surface area contributed by atoms with E-state index in [1.807, 2.05) is 32.0 Å². The van der Waals surface area contributed by atoms with Gasteiger partial charge in [-0.05, 0) is 19.9 Å². The lowest BCUT2D eigenvalue weighted by Crippen LogP contribution is -2.24. The van der Waals surface area contributed by atoms with Crippen LogP contribution in [-0.2, 0) is 12.3 Å². The van der Waals surface area contributed by atoms with Gasteiger partial charge in [0.05, 0.1) is 11.4 Å². The van der Waals surface area contributed by atoms with E-state index in [2.05, 4.69) is 9.97 Å². The summed E-state index contributed by atoms with van der Waals surface area (Å²) < 4.78 is 11.8. The summed E-state index contributed by atoms with van der Waals surface area (Å²) in [6.45, 7) is 4.09. The first-order valence-corrected chi connectivity index (χ1v) is 7.45. The smallest absolute Gasteiger partial charge is 0.228 e. The van der Waals surface area contributed by atoms with Crippen LogP contribution in [0.5, 0.6) is 17.4 Å². The first kappa shape index (κ1) is 14.4. The largest absolute Gasteiger partial charge is 0.483 e. The van der Waals surface area contributed by atoms with Crippen LogP contribution in [-0.4, -0.2) is 15.6 Å². The maximum absolute atomic E-state index is 6.01. The van der Waals surface area contributed by atoms with Crippen molar-refractivity contribution in [3.8, 4) is 17.4 Å². The van der Waals surface area contributed by atoms with Gasteiger partial charge in [0.1, 0.15) is 17.1 Å². The molecule has 1 aliphatic rings. The predicted octanol–water partition coefficient (Wildman–Crippen LogP) is 4.37. The molecule has 1 aromatic carbocycles. The number of benzene rings is 1. The molecule has 2 heterocycles. The normalized spacial score (nSPS) is 15.4. The molecule has 0 spiro atoms. The lowest BCUT2D eigenvalue weighted by Gasteiger charge is -2.18. The van der Waals surface area contributed by atoms with E-state index in [9.17, 15) is 0 Å². The highest BCUT2D eigenvalue weighted by molar-refractivity contribution is 6.31. The van der Waals surface area contributed by atoms with Crippen molar-refractivity contribution in [2.75, 3.05) is 0 Å². The summed E-state index contributed by atoms with van der Waals surface area (Å²) in [7, 11) is 0. The van der Waals surface area contributed by atoms with E-state index in [1.165, 1.54) is 6.33 Å². The summed E-state index contributed by atoms with van der Waals surface area (Å²) in [4.78, 5) is 8.02. The van der Waals surface area contributed by atoms with Gasteiger partial charge in [0.2, 0.25) is 5.88 Å². The van der Waals surface area contributed by atoms with Crippen molar-refractivity contribution < 1.29 is 9.47 Å². The Balaban J connectivity index is 1.98. The summed E-state index contributed by atoms with van der Waals surface area (Å²) in [6.07, 6.45) is 2.19. The number of rotatable bonds is 3. The van der Waals surface area contributed by atoms with E-state index < -0.39 is 0 Å². The number of aromatic nitrogens is 2. The average molecular weight is 325 g/mol. The van der Waals surface area contributed by atoms with Crippen LogP contribution in [0.3, 0.4) is 0 Å². The molecule has 0 unspecified atom stereocenters. The van der Waals surface area contributed by atoms with Crippen LogP contribution >= 0.6 is 23.2 Å². The highest BCUT2D eigenvalue weighted by atomic mass is 35.5. The van der Waals surface area contributed by atoms with Crippen molar-refractivity contribution in [1.82, 2.24) is 9.97 Å². The van der Waals surface area contributed by atoms with E-state index in [4.69, 9.17) is 32.7 Å². The second-order valence-corrected chi connectivity index (χ2v) is 6.09. The Morgan fingerprint density at radius 1 is 1.33 bits per heavy atom. The van der Waals surface area contributed by atoms with E-state index in [0.717, 1.165) is 17.7 Å². The Morgan fingerprint density at radius 3 is 2.90 bits per heavy atom. The Labute approximate surface area is 133 Å². The van der Waals surface area contributed by atoms with Crippen LogP contribution in [0.15, 0.2) is 24.5 Å². The molecule has 0 atom stereocenters. The third-order valence-electron chi connectivity index (χ3n) is 3.25. The molecule has 4 nitrogen and oxygen atoms in total. The van der Waals surface area contributed by atoms with Gasteiger partial charge in [-0.1, -0.05) is 23.7 Å². The van der Waals surface area contributed by atoms with Crippen LogP contribution in [0.2, 0.25) is 5.15 Å². The quantitative estimate of drug-likeness (QED) is 0.621. The Morgan fingerprint density at radius 2 is 2.14 bits per heavy atom. The number of para-hydroxylation sites is 1. The number of nitrogens with zero attached hydrogens (tertiary/aromatic N) is 2. The zero-order valence-corrected chi connectivity index (χ0v) is 13.2. The Hall–Kier alpha value is -1.52. The predicted molar refractivity (Wildman–Crippen MR) is 81.5 cm³/mol. The minimum absolute atomic E-state index is 0.177. The minimum atomic E-state index is -0.236. The molecule has 0 amide bonds. The van der Waals surface area contributed by atoms with Gasteiger partial charge in [-0.25, -0.2) is 9.97 Å². The van der Waals surface area contributed by atoms with Gasteiger partial charge in [0, 0.05) is 12.0 Å². The molecule has 0 saturated carbocycles. The third kappa shape index (κ3) is 2.78. The minimum Gasteiger partial charge on any atom is -0.483 e. The second kappa shape index (κ2) is 5.35. The van der Waals surface area contributed by atoms with Crippen LogP contribution < -0.4 is 9.47 Å². The fourth-order valence-electron chi connectivity index (χ4n) is 2.35. The first-order chi connectivity index (χ1) is 10.00. The van der Waals surface area contributed by atoms with Gasteiger partial charge in [0.15, 0.2) is 11.5 Å². The van der Waals surface area contributed by atoms with E-state index in [-0.39, 0.29) is 11.5 Å². The molecule has 110 valence electrons. The molecular weight excluding hydrogens is 311 g/mol. The molecule has 3 rings (SSSR count). The SMILES string of the molecule is CC1(C)Cc2cccc(Oc3ncnc(Cl)c3CCl)c2O1. The molecule has 1 aromatic heterocycles. The Kier molecular flexibility index (Phi) is 3.68. The number of alkyl halides is 1. The van der Waals surface area contributed by atoms with Crippen molar-refractivity contribution in [3.63, 3.8) is 0 Å². The molecule has 0 saturated heterocycles. The van der Waals surface area contributed by atoms with Gasteiger partial charge in [0.25, 0.3) is 0 Å². The third-order valence-corrected chi connectivity index (χ3v) is 3.84. The lowest BCUT2D eigenvalue weighted by molar-refractivity contribution is 0.135. The highest BCUT2D eigenvalue weighted by Gasteiger charge is 2.32. The van der Waals surface area contributed by atoms with Crippen molar-refractivity contribution in [2.24, 2.45) is 0 Å². The second-order valence-electron chi connectivity index (χ2n) is 5.47. The van der Waals surface area contributed by atoms with Crippen molar-refractivity contribution in [2.45, 2.75) is 31.7 Å². The van der Waals surface area contributed by atoms with Crippen molar-refractivity contribution in [3.05, 3.63) is 40.8 Å². The number of fused-ring (bicyclic) bond motifs is 1. The summed E-state index contributed by atoms with van der Waals surface area (Å²) in [5.41, 5.74) is 1.45. The molecule has 21 heavy (non-hydrogen) atoms. The molecule has 0 fully saturated rings. The van der Waals surface area contributed by atoms with E-state index >= 15 is 0 Å². The lowest BCUT2D eigenvalue weighted by atomic mass is 10.0. The fourth-order valence-corrected chi connectivity index (χ4v) is 2.85. The van der Waals surface area contributed by atoms with Gasteiger partial charge in [-0.15, -0.1) is 11.6 Å². The topological polar surface area (TPSA) is 44.2 Å². The summed E-state index contributed by atoms with van der Waals surface area (Å²) in [6, 6.07) is 5.81. The maximum atomic E-state index is 6.01. The zero-order valence-electron chi connectivity index (χ0n) is 11.7. The van der Waals surface area contributed by atoms with E-state index in [0.29, 0.717) is 22.3 Å². The number of hydrogen-bond acceptors (Lipinski definition) is 4.